The van der Waals surface area contributed by atoms with Crippen LogP contribution in [0.5, 0.6) is 0 Å². The Kier molecular flexibility index (Phi) is 3.32. The van der Waals surface area contributed by atoms with E-state index in [1.165, 1.54) is 10.9 Å². The van der Waals surface area contributed by atoms with Crippen LogP contribution >= 0.6 is 0 Å². The van der Waals surface area contributed by atoms with Gasteiger partial charge < -0.3 is 9.67 Å². The van der Waals surface area contributed by atoms with Gasteiger partial charge in [0.25, 0.3) is 0 Å². The summed E-state index contributed by atoms with van der Waals surface area (Å²) in [5.41, 5.74) is 1.55. The number of carbonyl (C=O) groups is 1. The first kappa shape index (κ1) is 12.9. The molecule has 0 fully saturated rings. The molecule has 1 aromatic heterocycles. The van der Waals surface area contributed by atoms with Gasteiger partial charge in [-0.2, -0.15) is 13.2 Å². The lowest BCUT2D eigenvalue weighted by Crippen LogP contribution is -2.34. The quantitative estimate of drug-likeness (QED) is 0.906. The predicted octanol–water partition coefficient (Wildman–Crippen LogP) is 2.03. The van der Waals surface area contributed by atoms with Crippen molar-refractivity contribution in [2.24, 2.45) is 5.92 Å². The molecular formula is C11H13F3N2O2. The molecule has 0 aliphatic heterocycles. The highest BCUT2D eigenvalue weighted by Crippen LogP contribution is 2.29. The summed E-state index contributed by atoms with van der Waals surface area (Å²) in [6.07, 6.45) is -0.116. The second-order valence-electron chi connectivity index (χ2n) is 4.43. The summed E-state index contributed by atoms with van der Waals surface area (Å²) < 4.78 is 39.1. The van der Waals surface area contributed by atoms with Crippen LogP contribution < -0.4 is 0 Å². The van der Waals surface area contributed by atoms with Crippen molar-refractivity contribution in [1.29, 1.82) is 0 Å². The summed E-state index contributed by atoms with van der Waals surface area (Å²) in [4.78, 5) is 14.7. The second-order valence-corrected chi connectivity index (χ2v) is 4.43. The van der Waals surface area contributed by atoms with Gasteiger partial charge >= 0.3 is 12.1 Å². The van der Waals surface area contributed by atoms with E-state index in [-0.39, 0.29) is 0 Å². The highest BCUT2D eigenvalue weighted by Gasteiger charge is 2.45. The molecule has 18 heavy (non-hydrogen) atoms. The molecule has 100 valence electrons. The zero-order valence-corrected chi connectivity index (χ0v) is 9.57. The van der Waals surface area contributed by atoms with E-state index < -0.39 is 24.6 Å². The van der Waals surface area contributed by atoms with E-state index in [1.54, 1.807) is 0 Å². The summed E-state index contributed by atoms with van der Waals surface area (Å²) in [5.74, 6) is -4.22. The van der Waals surface area contributed by atoms with Crippen molar-refractivity contribution < 1.29 is 23.1 Å². The fraction of sp³-hybridized carbons (Fsp3) is 0.636. The Hall–Kier alpha value is -1.53. The van der Waals surface area contributed by atoms with Gasteiger partial charge in [-0.05, 0) is 25.7 Å². The Morgan fingerprint density at radius 2 is 2.11 bits per heavy atom. The molecule has 0 saturated carbocycles. The average Bonchev–Trinajstić information content (AvgIpc) is 2.67. The van der Waals surface area contributed by atoms with Crippen molar-refractivity contribution in [3.63, 3.8) is 0 Å². The van der Waals surface area contributed by atoms with E-state index in [4.69, 9.17) is 5.11 Å². The topological polar surface area (TPSA) is 55.1 Å². The Balaban J connectivity index is 2.22. The number of rotatable bonds is 3. The summed E-state index contributed by atoms with van der Waals surface area (Å²) in [6, 6.07) is 0. The van der Waals surface area contributed by atoms with Gasteiger partial charge in [0.15, 0.2) is 5.92 Å². The van der Waals surface area contributed by atoms with Gasteiger partial charge in [0, 0.05) is 12.2 Å². The minimum absolute atomic E-state index is 0.596. The van der Waals surface area contributed by atoms with E-state index in [2.05, 4.69) is 4.98 Å². The molecule has 2 rings (SSSR count). The fourth-order valence-corrected chi connectivity index (χ4v) is 2.21. The minimum atomic E-state index is -4.74. The van der Waals surface area contributed by atoms with E-state index in [0.717, 1.165) is 30.7 Å². The molecule has 1 aliphatic rings. The van der Waals surface area contributed by atoms with Gasteiger partial charge in [0.05, 0.1) is 12.0 Å². The minimum Gasteiger partial charge on any atom is -0.481 e. The van der Waals surface area contributed by atoms with Crippen molar-refractivity contribution >= 4 is 5.97 Å². The number of hydrogen-bond donors (Lipinski definition) is 1. The third kappa shape index (κ3) is 2.49. The van der Waals surface area contributed by atoms with Crippen LogP contribution in [0.15, 0.2) is 6.33 Å². The summed E-state index contributed by atoms with van der Waals surface area (Å²) in [6.45, 7) is -0.596. The summed E-state index contributed by atoms with van der Waals surface area (Å²) >= 11 is 0. The molecule has 1 atom stereocenters. The number of aliphatic carboxylic acids is 1. The maximum Gasteiger partial charge on any atom is 0.403 e. The average molecular weight is 262 g/mol. The first-order chi connectivity index (χ1) is 8.39. The molecule has 0 radical (unpaired) electrons. The smallest absolute Gasteiger partial charge is 0.403 e. The van der Waals surface area contributed by atoms with Crippen molar-refractivity contribution in [3.05, 3.63) is 17.7 Å². The van der Waals surface area contributed by atoms with Gasteiger partial charge in [-0.25, -0.2) is 4.98 Å². The van der Waals surface area contributed by atoms with Crippen LogP contribution in [0.1, 0.15) is 24.2 Å². The van der Waals surface area contributed by atoms with E-state index in [1.807, 2.05) is 0 Å². The molecule has 0 amide bonds. The number of imidazole rings is 1. The largest absolute Gasteiger partial charge is 0.481 e. The number of alkyl halides is 3. The van der Waals surface area contributed by atoms with Gasteiger partial charge in [0.1, 0.15) is 0 Å². The fourth-order valence-electron chi connectivity index (χ4n) is 2.21. The molecule has 1 heterocycles. The number of aryl methyl sites for hydroxylation is 1. The standard InChI is InChI=1S/C11H13F3N2O2/c12-11(13,14)7(10(17)18)5-16-6-15-8-3-1-2-4-9(8)16/h6-7H,1-5H2,(H,17,18). The number of halogens is 3. The lowest BCUT2D eigenvalue weighted by atomic mass is 10.0. The number of carboxylic acid groups (broad SMARTS) is 1. The zero-order valence-electron chi connectivity index (χ0n) is 9.57. The van der Waals surface area contributed by atoms with Crippen LogP contribution in [0.3, 0.4) is 0 Å². The first-order valence-electron chi connectivity index (χ1n) is 5.72. The van der Waals surface area contributed by atoms with E-state index in [0.29, 0.717) is 6.42 Å². The molecule has 0 bridgehead atoms. The monoisotopic (exact) mass is 262 g/mol. The van der Waals surface area contributed by atoms with Gasteiger partial charge in [-0.1, -0.05) is 0 Å². The maximum absolute atomic E-state index is 12.6. The van der Waals surface area contributed by atoms with Gasteiger partial charge in [0.2, 0.25) is 0 Å². The normalized spacial score (nSPS) is 17.3. The third-order valence-corrected chi connectivity index (χ3v) is 3.18. The third-order valence-electron chi connectivity index (χ3n) is 3.18. The molecule has 1 unspecified atom stereocenters. The zero-order chi connectivity index (χ0) is 13.3. The number of carboxylic acids is 1. The number of hydrogen-bond acceptors (Lipinski definition) is 2. The number of nitrogens with zero attached hydrogens (tertiary/aromatic N) is 2. The van der Waals surface area contributed by atoms with Crippen LogP contribution in [-0.2, 0) is 24.2 Å². The van der Waals surface area contributed by atoms with Crippen LogP contribution in [0.4, 0.5) is 13.2 Å². The van der Waals surface area contributed by atoms with Crippen LogP contribution in [0.25, 0.3) is 0 Å². The highest BCUT2D eigenvalue weighted by molar-refractivity contribution is 5.70. The van der Waals surface area contributed by atoms with Crippen LogP contribution in [0, 0.1) is 5.92 Å². The summed E-state index contributed by atoms with van der Waals surface area (Å²) in [7, 11) is 0. The van der Waals surface area contributed by atoms with Gasteiger partial charge in [-0.3, -0.25) is 4.79 Å². The Bertz CT molecular complexity index is 454. The lowest BCUT2D eigenvalue weighted by molar-refractivity contribution is -0.196. The second kappa shape index (κ2) is 4.62. The predicted molar refractivity (Wildman–Crippen MR) is 56.0 cm³/mol. The lowest BCUT2D eigenvalue weighted by Gasteiger charge is -2.19. The SMILES string of the molecule is O=C(O)C(Cn1cnc2c1CCCC2)C(F)(F)F. The molecule has 0 saturated heterocycles. The molecule has 1 aromatic rings. The van der Waals surface area contributed by atoms with Crippen molar-refractivity contribution in [2.75, 3.05) is 0 Å². The Morgan fingerprint density at radius 1 is 1.44 bits per heavy atom. The van der Waals surface area contributed by atoms with Crippen molar-refractivity contribution in [1.82, 2.24) is 9.55 Å². The highest BCUT2D eigenvalue weighted by atomic mass is 19.4. The van der Waals surface area contributed by atoms with Gasteiger partial charge in [-0.15, -0.1) is 0 Å². The molecular weight excluding hydrogens is 249 g/mol. The van der Waals surface area contributed by atoms with Crippen LogP contribution in [-0.4, -0.2) is 26.8 Å². The molecule has 1 aliphatic carbocycles. The Morgan fingerprint density at radius 3 is 2.72 bits per heavy atom. The molecule has 0 spiro atoms. The first-order valence-corrected chi connectivity index (χ1v) is 5.72. The number of fused-ring (bicyclic) bond motifs is 1. The molecule has 4 nitrogen and oxygen atoms in total. The van der Waals surface area contributed by atoms with E-state index >= 15 is 0 Å². The number of aromatic nitrogens is 2. The Labute approximate surface area is 101 Å². The van der Waals surface area contributed by atoms with Crippen molar-refractivity contribution in [2.45, 2.75) is 38.4 Å². The molecule has 7 heteroatoms. The maximum atomic E-state index is 12.6. The summed E-state index contributed by atoms with van der Waals surface area (Å²) in [5, 5.41) is 8.66. The van der Waals surface area contributed by atoms with Crippen molar-refractivity contribution in [3.8, 4) is 0 Å². The molecule has 1 N–H and O–H groups in total. The van der Waals surface area contributed by atoms with E-state index in [9.17, 15) is 18.0 Å². The van der Waals surface area contributed by atoms with Crippen LogP contribution in [0.2, 0.25) is 0 Å². The molecule has 0 aromatic carbocycles.